The summed E-state index contributed by atoms with van der Waals surface area (Å²) in [5.41, 5.74) is 0. The smallest absolute Gasteiger partial charge is 0.323 e. The number of aromatic nitrogens is 1. The van der Waals surface area contributed by atoms with Gasteiger partial charge in [-0.25, -0.2) is 4.98 Å². The van der Waals surface area contributed by atoms with Crippen LogP contribution in [0, 0.1) is 0 Å². The zero-order valence-corrected chi connectivity index (χ0v) is 13.6. The summed E-state index contributed by atoms with van der Waals surface area (Å²) < 4.78 is 10.9. The molecule has 2 aliphatic rings. The van der Waals surface area contributed by atoms with Crippen LogP contribution in [-0.2, 0) is 16.1 Å². The number of oxazole rings is 1. The molecule has 2 aliphatic heterocycles. The maximum Gasteiger partial charge on any atom is 0.323 e. The number of cyclic esters (lactones) is 1. The van der Waals surface area contributed by atoms with Crippen molar-refractivity contribution in [2.24, 2.45) is 0 Å². The summed E-state index contributed by atoms with van der Waals surface area (Å²) >= 11 is 0. The predicted octanol–water partition coefficient (Wildman–Crippen LogP) is 1.62. The normalized spacial score (nSPS) is 26.3. The molecule has 2 fully saturated rings. The second kappa shape index (κ2) is 6.38. The highest BCUT2D eigenvalue weighted by Crippen LogP contribution is 2.23. The number of ether oxygens (including phenoxy) is 1. The summed E-state index contributed by atoms with van der Waals surface area (Å²) in [5, 5.41) is 0. The molecule has 122 valence electrons. The van der Waals surface area contributed by atoms with Gasteiger partial charge in [-0.1, -0.05) is 13.8 Å². The van der Waals surface area contributed by atoms with Crippen molar-refractivity contribution in [1.82, 2.24) is 14.8 Å². The molecule has 3 rings (SSSR count). The molecule has 0 unspecified atom stereocenters. The van der Waals surface area contributed by atoms with E-state index in [1.807, 2.05) is 6.20 Å². The number of likely N-dealkylation sites (N-methyl/N-ethyl adjacent to an activating group) is 1. The van der Waals surface area contributed by atoms with E-state index in [-0.39, 0.29) is 12.0 Å². The molecule has 0 N–H and O–H groups in total. The van der Waals surface area contributed by atoms with Crippen molar-refractivity contribution < 1.29 is 13.9 Å². The van der Waals surface area contributed by atoms with Crippen LogP contribution in [0.25, 0.3) is 0 Å². The molecular formula is C16H25N3O3. The Hall–Kier alpha value is -1.40. The van der Waals surface area contributed by atoms with Crippen molar-refractivity contribution in [3.63, 3.8) is 0 Å². The number of rotatable bonds is 5. The van der Waals surface area contributed by atoms with Gasteiger partial charge in [-0.05, 0) is 13.5 Å². The van der Waals surface area contributed by atoms with E-state index in [1.165, 1.54) is 0 Å². The first-order valence-corrected chi connectivity index (χ1v) is 8.10. The van der Waals surface area contributed by atoms with Crippen LogP contribution in [0.4, 0.5) is 0 Å². The Kier molecular flexibility index (Phi) is 4.49. The number of hydrogen-bond acceptors (Lipinski definition) is 6. The van der Waals surface area contributed by atoms with Crippen molar-refractivity contribution in [3.05, 3.63) is 17.8 Å². The zero-order chi connectivity index (χ0) is 15.7. The highest BCUT2D eigenvalue weighted by Gasteiger charge is 2.37. The zero-order valence-electron chi connectivity index (χ0n) is 13.6. The predicted molar refractivity (Wildman–Crippen MR) is 81.4 cm³/mol. The van der Waals surface area contributed by atoms with Crippen molar-refractivity contribution in [2.45, 2.75) is 51.2 Å². The molecule has 0 saturated carbocycles. The summed E-state index contributed by atoms with van der Waals surface area (Å²) in [6.07, 6.45) is 3.72. The lowest BCUT2D eigenvalue weighted by molar-refractivity contribution is -0.142. The second-order valence-corrected chi connectivity index (χ2v) is 6.64. The Balaban J connectivity index is 1.54. The average molecular weight is 307 g/mol. The summed E-state index contributed by atoms with van der Waals surface area (Å²) in [5.74, 6) is 2.01. The molecule has 0 spiro atoms. The maximum atomic E-state index is 11.7. The minimum Gasteiger partial charge on any atom is -0.464 e. The van der Waals surface area contributed by atoms with Gasteiger partial charge in [0.2, 0.25) is 5.89 Å². The van der Waals surface area contributed by atoms with E-state index in [2.05, 4.69) is 35.7 Å². The SMILES string of the molecule is CC(C)c1cnc(CN(C)[C@H]2CCN([C@@H]3CCOC3=O)C2)o1. The minimum atomic E-state index is -0.0578. The van der Waals surface area contributed by atoms with Crippen LogP contribution < -0.4 is 0 Å². The van der Waals surface area contributed by atoms with Crippen LogP contribution in [0.2, 0.25) is 0 Å². The Labute approximate surface area is 131 Å². The van der Waals surface area contributed by atoms with Gasteiger partial charge in [0.05, 0.1) is 19.3 Å². The highest BCUT2D eigenvalue weighted by atomic mass is 16.5. The standard InChI is InChI=1S/C16H25N3O3/c1-11(2)14-8-17-15(22-14)10-18(3)12-4-6-19(9-12)13-5-7-21-16(13)20/h8,11-13H,4-7,9-10H2,1-3H3/t12-,13+/m0/s1. The fraction of sp³-hybridized carbons (Fsp3) is 0.750. The van der Waals surface area contributed by atoms with Gasteiger partial charge in [0.1, 0.15) is 11.8 Å². The highest BCUT2D eigenvalue weighted by molar-refractivity contribution is 5.77. The molecule has 2 atom stereocenters. The molecule has 3 heterocycles. The van der Waals surface area contributed by atoms with E-state index >= 15 is 0 Å². The van der Waals surface area contributed by atoms with Crippen molar-refractivity contribution in [1.29, 1.82) is 0 Å². The lowest BCUT2D eigenvalue weighted by atomic mass is 10.2. The maximum absolute atomic E-state index is 11.7. The fourth-order valence-electron chi connectivity index (χ4n) is 3.23. The summed E-state index contributed by atoms with van der Waals surface area (Å²) in [6.45, 7) is 7.34. The number of likely N-dealkylation sites (tertiary alicyclic amines) is 1. The van der Waals surface area contributed by atoms with Gasteiger partial charge in [-0.15, -0.1) is 0 Å². The van der Waals surface area contributed by atoms with Crippen molar-refractivity contribution >= 4 is 5.97 Å². The van der Waals surface area contributed by atoms with Crippen LogP contribution in [0.3, 0.4) is 0 Å². The molecule has 0 aliphatic carbocycles. The van der Waals surface area contributed by atoms with Gasteiger partial charge in [0.25, 0.3) is 0 Å². The minimum absolute atomic E-state index is 0.0346. The lowest BCUT2D eigenvalue weighted by Crippen LogP contribution is -2.40. The van der Waals surface area contributed by atoms with Gasteiger partial charge in [0.15, 0.2) is 0 Å². The van der Waals surface area contributed by atoms with E-state index < -0.39 is 0 Å². The van der Waals surface area contributed by atoms with E-state index in [9.17, 15) is 4.79 Å². The fourth-order valence-corrected chi connectivity index (χ4v) is 3.23. The van der Waals surface area contributed by atoms with E-state index in [0.717, 1.165) is 37.6 Å². The monoisotopic (exact) mass is 307 g/mol. The summed E-state index contributed by atoms with van der Waals surface area (Å²) in [6, 6.07) is 0.399. The van der Waals surface area contributed by atoms with Crippen LogP contribution >= 0.6 is 0 Å². The largest absolute Gasteiger partial charge is 0.464 e. The third-order valence-electron chi connectivity index (χ3n) is 4.69. The average Bonchev–Trinajstić information content (AvgIpc) is 3.17. The summed E-state index contributed by atoms with van der Waals surface area (Å²) in [4.78, 5) is 20.6. The van der Waals surface area contributed by atoms with Crippen molar-refractivity contribution in [3.8, 4) is 0 Å². The third kappa shape index (κ3) is 3.17. The third-order valence-corrected chi connectivity index (χ3v) is 4.69. The summed E-state index contributed by atoms with van der Waals surface area (Å²) in [7, 11) is 2.10. The molecule has 0 amide bonds. The second-order valence-electron chi connectivity index (χ2n) is 6.64. The molecule has 6 heteroatoms. The molecule has 0 bridgehead atoms. The van der Waals surface area contributed by atoms with E-state index in [1.54, 1.807) is 0 Å². The number of esters is 1. The van der Waals surface area contributed by atoms with Gasteiger partial charge in [-0.2, -0.15) is 0 Å². The molecule has 1 aromatic rings. The van der Waals surface area contributed by atoms with E-state index in [4.69, 9.17) is 9.15 Å². The molecular weight excluding hydrogens is 282 g/mol. The first-order valence-electron chi connectivity index (χ1n) is 8.10. The Morgan fingerprint density at radius 2 is 2.27 bits per heavy atom. The molecule has 6 nitrogen and oxygen atoms in total. The first-order chi connectivity index (χ1) is 10.5. The number of hydrogen-bond donors (Lipinski definition) is 0. The number of carbonyl (C=O) groups excluding carboxylic acids is 1. The van der Waals surface area contributed by atoms with Crippen LogP contribution in [0.15, 0.2) is 10.6 Å². The molecule has 22 heavy (non-hydrogen) atoms. The van der Waals surface area contributed by atoms with Crippen LogP contribution in [0.5, 0.6) is 0 Å². The van der Waals surface area contributed by atoms with Gasteiger partial charge < -0.3 is 9.15 Å². The quantitative estimate of drug-likeness (QED) is 0.771. The van der Waals surface area contributed by atoms with E-state index in [0.29, 0.717) is 25.1 Å². The first kappa shape index (κ1) is 15.5. The molecule has 2 saturated heterocycles. The lowest BCUT2D eigenvalue weighted by Gasteiger charge is -2.24. The molecule has 0 radical (unpaired) electrons. The molecule has 0 aromatic carbocycles. The van der Waals surface area contributed by atoms with Gasteiger partial charge in [0, 0.05) is 31.5 Å². The number of nitrogens with zero attached hydrogens (tertiary/aromatic N) is 3. The topological polar surface area (TPSA) is 58.8 Å². The van der Waals surface area contributed by atoms with Crippen LogP contribution in [-0.4, -0.2) is 59.6 Å². The van der Waals surface area contributed by atoms with Crippen molar-refractivity contribution in [2.75, 3.05) is 26.7 Å². The van der Waals surface area contributed by atoms with Gasteiger partial charge >= 0.3 is 5.97 Å². The Bertz CT molecular complexity index is 528. The Morgan fingerprint density at radius 1 is 1.45 bits per heavy atom. The molecule has 1 aromatic heterocycles. The number of carbonyl (C=O) groups is 1. The van der Waals surface area contributed by atoms with Gasteiger partial charge in [-0.3, -0.25) is 14.6 Å². The Morgan fingerprint density at radius 3 is 2.91 bits per heavy atom. The van der Waals surface area contributed by atoms with Crippen LogP contribution in [0.1, 0.15) is 44.3 Å².